The highest BCUT2D eigenvalue weighted by Gasteiger charge is 2.17. The summed E-state index contributed by atoms with van der Waals surface area (Å²) in [5, 5.41) is 3.33. The number of aromatic nitrogens is 2. The van der Waals surface area contributed by atoms with Crippen LogP contribution in [0.2, 0.25) is 0 Å². The van der Waals surface area contributed by atoms with Crippen LogP contribution in [0.1, 0.15) is 22.4 Å². The molecule has 0 spiro atoms. The Labute approximate surface area is 112 Å². The first-order valence-electron chi connectivity index (χ1n) is 6.52. The SMILES string of the molecule is Cc1ccc(Oc2ncnc3c2CNCC3)c(C)c1. The molecule has 0 radical (unpaired) electrons. The van der Waals surface area contributed by atoms with Crippen LogP contribution in [0.4, 0.5) is 0 Å². The summed E-state index contributed by atoms with van der Waals surface area (Å²) in [5.74, 6) is 1.53. The number of aryl methyl sites for hydroxylation is 2. The molecule has 3 rings (SSSR count). The average molecular weight is 255 g/mol. The molecule has 0 saturated heterocycles. The lowest BCUT2D eigenvalue weighted by Crippen LogP contribution is -2.25. The Balaban J connectivity index is 1.95. The van der Waals surface area contributed by atoms with Gasteiger partial charge in [-0.3, -0.25) is 0 Å². The summed E-state index contributed by atoms with van der Waals surface area (Å²) >= 11 is 0. The number of rotatable bonds is 2. The first-order chi connectivity index (χ1) is 9.24. The Morgan fingerprint density at radius 1 is 1.21 bits per heavy atom. The van der Waals surface area contributed by atoms with Crippen molar-refractivity contribution in [3.8, 4) is 11.6 Å². The summed E-state index contributed by atoms with van der Waals surface area (Å²) in [6.07, 6.45) is 2.52. The first-order valence-corrected chi connectivity index (χ1v) is 6.52. The number of fused-ring (bicyclic) bond motifs is 1. The number of benzene rings is 1. The predicted molar refractivity (Wildman–Crippen MR) is 73.4 cm³/mol. The van der Waals surface area contributed by atoms with Crippen molar-refractivity contribution >= 4 is 0 Å². The second kappa shape index (κ2) is 4.97. The maximum atomic E-state index is 5.97. The van der Waals surface area contributed by atoms with Gasteiger partial charge in [-0.2, -0.15) is 0 Å². The Bertz CT molecular complexity index is 610. The van der Waals surface area contributed by atoms with Crippen molar-refractivity contribution in [3.05, 3.63) is 46.9 Å². The molecule has 0 fully saturated rings. The van der Waals surface area contributed by atoms with E-state index in [-0.39, 0.29) is 0 Å². The second-order valence-corrected chi connectivity index (χ2v) is 4.90. The van der Waals surface area contributed by atoms with Gasteiger partial charge in [-0.05, 0) is 25.5 Å². The van der Waals surface area contributed by atoms with Crippen LogP contribution in [0, 0.1) is 13.8 Å². The number of nitrogens with zero attached hydrogens (tertiary/aromatic N) is 2. The fourth-order valence-corrected chi connectivity index (χ4v) is 2.35. The molecule has 1 aliphatic rings. The molecule has 0 saturated carbocycles. The zero-order valence-electron chi connectivity index (χ0n) is 11.2. The van der Waals surface area contributed by atoms with E-state index in [1.54, 1.807) is 6.33 Å². The predicted octanol–water partition coefficient (Wildman–Crippen LogP) is 2.53. The molecule has 1 aromatic heterocycles. The van der Waals surface area contributed by atoms with Crippen molar-refractivity contribution < 1.29 is 4.74 Å². The summed E-state index contributed by atoms with van der Waals surface area (Å²) < 4.78 is 5.97. The molecular formula is C15H17N3O. The lowest BCUT2D eigenvalue weighted by Gasteiger charge is -2.18. The van der Waals surface area contributed by atoms with Gasteiger partial charge in [0, 0.05) is 19.5 Å². The third-order valence-corrected chi connectivity index (χ3v) is 3.37. The molecular weight excluding hydrogens is 238 g/mol. The standard InChI is InChI=1S/C15H17N3O/c1-10-3-4-14(11(2)7-10)19-15-12-8-16-6-5-13(12)17-9-18-15/h3-4,7,9,16H,5-6,8H2,1-2H3. The van der Waals surface area contributed by atoms with Crippen LogP contribution in [-0.2, 0) is 13.0 Å². The largest absolute Gasteiger partial charge is 0.438 e. The molecule has 0 aliphatic carbocycles. The zero-order valence-corrected chi connectivity index (χ0v) is 11.2. The van der Waals surface area contributed by atoms with Crippen molar-refractivity contribution in [2.45, 2.75) is 26.8 Å². The molecule has 98 valence electrons. The van der Waals surface area contributed by atoms with E-state index in [4.69, 9.17) is 4.74 Å². The molecule has 0 atom stereocenters. The van der Waals surface area contributed by atoms with Crippen molar-refractivity contribution in [1.29, 1.82) is 0 Å². The van der Waals surface area contributed by atoms with Crippen LogP contribution in [0.25, 0.3) is 0 Å². The summed E-state index contributed by atoms with van der Waals surface area (Å²) in [7, 11) is 0. The fraction of sp³-hybridized carbons (Fsp3) is 0.333. The molecule has 0 bridgehead atoms. The van der Waals surface area contributed by atoms with Gasteiger partial charge in [0.15, 0.2) is 0 Å². The van der Waals surface area contributed by atoms with E-state index in [2.05, 4.69) is 28.3 Å². The normalized spacial score (nSPS) is 14.0. The molecule has 19 heavy (non-hydrogen) atoms. The van der Waals surface area contributed by atoms with Gasteiger partial charge in [0.05, 0.1) is 11.3 Å². The summed E-state index contributed by atoms with van der Waals surface area (Å²) in [6, 6.07) is 6.16. The second-order valence-electron chi connectivity index (χ2n) is 4.90. The average Bonchev–Trinajstić information content (AvgIpc) is 2.42. The maximum Gasteiger partial charge on any atom is 0.227 e. The molecule has 0 unspecified atom stereocenters. The van der Waals surface area contributed by atoms with E-state index in [1.165, 1.54) is 5.56 Å². The Morgan fingerprint density at radius 3 is 2.95 bits per heavy atom. The van der Waals surface area contributed by atoms with Crippen LogP contribution in [0.5, 0.6) is 11.6 Å². The van der Waals surface area contributed by atoms with Crippen molar-refractivity contribution in [2.24, 2.45) is 0 Å². The van der Waals surface area contributed by atoms with Crippen LogP contribution < -0.4 is 10.1 Å². The molecule has 0 amide bonds. The van der Waals surface area contributed by atoms with Crippen LogP contribution in [0.3, 0.4) is 0 Å². The van der Waals surface area contributed by atoms with E-state index in [0.29, 0.717) is 5.88 Å². The maximum absolute atomic E-state index is 5.97. The Kier molecular flexibility index (Phi) is 3.17. The third kappa shape index (κ3) is 2.44. The molecule has 2 aromatic rings. The van der Waals surface area contributed by atoms with Gasteiger partial charge in [-0.25, -0.2) is 9.97 Å². The summed E-state index contributed by atoms with van der Waals surface area (Å²) in [4.78, 5) is 8.60. The highest BCUT2D eigenvalue weighted by molar-refractivity contribution is 5.40. The van der Waals surface area contributed by atoms with E-state index in [9.17, 15) is 0 Å². The summed E-state index contributed by atoms with van der Waals surface area (Å²) in [6.45, 7) is 5.87. The minimum atomic E-state index is 0.671. The monoisotopic (exact) mass is 255 g/mol. The number of hydrogen-bond donors (Lipinski definition) is 1. The van der Waals surface area contributed by atoms with Crippen molar-refractivity contribution in [1.82, 2.24) is 15.3 Å². The lowest BCUT2D eigenvalue weighted by atomic mass is 10.1. The number of nitrogens with one attached hydrogen (secondary N) is 1. The molecule has 2 heterocycles. The minimum absolute atomic E-state index is 0.671. The Hall–Kier alpha value is -1.94. The topological polar surface area (TPSA) is 47.0 Å². The van der Waals surface area contributed by atoms with Gasteiger partial charge in [0.25, 0.3) is 0 Å². The van der Waals surface area contributed by atoms with Gasteiger partial charge >= 0.3 is 0 Å². The van der Waals surface area contributed by atoms with E-state index in [0.717, 1.165) is 42.1 Å². The zero-order chi connectivity index (χ0) is 13.2. The van der Waals surface area contributed by atoms with Gasteiger partial charge in [0.1, 0.15) is 12.1 Å². The Morgan fingerprint density at radius 2 is 2.11 bits per heavy atom. The smallest absolute Gasteiger partial charge is 0.227 e. The lowest BCUT2D eigenvalue weighted by molar-refractivity contribution is 0.441. The van der Waals surface area contributed by atoms with Crippen molar-refractivity contribution in [2.75, 3.05) is 6.54 Å². The molecule has 1 aromatic carbocycles. The minimum Gasteiger partial charge on any atom is -0.438 e. The highest BCUT2D eigenvalue weighted by atomic mass is 16.5. The number of ether oxygens (including phenoxy) is 1. The first kappa shape index (κ1) is 12.1. The fourth-order valence-electron chi connectivity index (χ4n) is 2.35. The van der Waals surface area contributed by atoms with Crippen LogP contribution in [0.15, 0.2) is 24.5 Å². The highest BCUT2D eigenvalue weighted by Crippen LogP contribution is 2.28. The number of hydrogen-bond acceptors (Lipinski definition) is 4. The van der Waals surface area contributed by atoms with Crippen molar-refractivity contribution in [3.63, 3.8) is 0 Å². The van der Waals surface area contributed by atoms with Gasteiger partial charge in [-0.15, -0.1) is 0 Å². The summed E-state index contributed by atoms with van der Waals surface area (Å²) in [5.41, 5.74) is 4.52. The molecule has 4 nitrogen and oxygen atoms in total. The van der Waals surface area contributed by atoms with E-state index < -0.39 is 0 Å². The van der Waals surface area contributed by atoms with E-state index >= 15 is 0 Å². The third-order valence-electron chi connectivity index (χ3n) is 3.37. The van der Waals surface area contributed by atoms with E-state index in [1.807, 2.05) is 19.1 Å². The quantitative estimate of drug-likeness (QED) is 0.895. The van der Waals surface area contributed by atoms with Gasteiger partial charge < -0.3 is 10.1 Å². The van der Waals surface area contributed by atoms with Crippen LogP contribution >= 0.6 is 0 Å². The molecule has 1 N–H and O–H groups in total. The molecule has 4 heteroatoms. The van der Waals surface area contributed by atoms with Gasteiger partial charge in [-0.1, -0.05) is 17.7 Å². The van der Waals surface area contributed by atoms with Gasteiger partial charge in [0.2, 0.25) is 5.88 Å². The molecule has 1 aliphatic heterocycles. The van der Waals surface area contributed by atoms with Crippen LogP contribution in [-0.4, -0.2) is 16.5 Å².